The number of nitrogens with zero attached hydrogens (tertiary/aromatic N) is 3. The first-order valence-corrected chi connectivity index (χ1v) is 5.83. The van der Waals surface area contributed by atoms with E-state index in [2.05, 4.69) is 31.3 Å². The Morgan fingerprint density at radius 3 is 3.20 bits per heavy atom. The fraction of sp³-hybridized carbons (Fsp3) is 0.400. The SMILES string of the molecule is Brc1cnc2c(C3CCNC3)cnn2c1. The third-order valence-corrected chi connectivity index (χ3v) is 3.26. The fourth-order valence-corrected chi connectivity index (χ4v) is 2.37. The Kier molecular flexibility index (Phi) is 2.21. The average Bonchev–Trinajstić information content (AvgIpc) is 2.82. The zero-order valence-electron chi connectivity index (χ0n) is 8.15. The number of halogens is 1. The molecule has 1 atom stereocenters. The summed E-state index contributed by atoms with van der Waals surface area (Å²) in [7, 11) is 0. The highest BCUT2D eigenvalue weighted by Crippen LogP contribution is 2.25. The van der Waals surface area contributed by atoms with Crippen LogP contribution in [-0.4, -0.2) is 27.7 Å². The molecule has 1 saturated heterocycles. The van der Waals surface area contributed by atoms with Crippen LogP contribution in [0.5, 0.6) is 0 Å². The minimum atomic E-state index is 0.566. The maximum atomic E-state index is 4.41. The molecule has 4 nitrogen and oxygen atoms in total. The van der Waals surface area contributed by atoms with Gasteiger partial charge in [-0.3, -0.25) is 0 Å². The number of aromatic nitrogens is 3. The first kappa shape index (κ1) is 9.30. The van der Waals surface area contributed by atoms with Crippen molar-refractivity contribution < 1.29 is 0 Å². The van der Waals surface area contributed by atoms with E-state index in [1.165, 1.54) is 12.0 Å². The maximum Gasteiger partial charge on any atom is 0.158 e. The van der Waals surface area contributed by atoms with Crippen molar-refractivity contribution in [1.82, 2.24) is 19.9 Å². The van der Waals surface area contributed by atoms with E-state index in [1.807, 2.05) is 23.1 Å². The van der Waals surface area contributed by atoms with Gasteiger partial charge in [0.2, 0.25) is 0 Å². The van der Waals surface area contributed by atoms with E-state index in [-0.39, 0.29) is 0 Å². The molecule has 0 spiro atoms. The fourth-order valence-electron chi connectivity index (χ4n) is 2.08. The van der Waals surface area contributed by atoms with Gasteiger partial charge in [-0.1, -0.05) is 0 Å². The van der Waals surface area contributed by atoms with Crippen LogP contribution in [-0.2, 0) is 0 Å². The first-order chi connectivity index (χ1) is 7.34. The molecule has 0 saturated carbocycles. The van der Waals surface area contributed by atoms with Gasteiger partial charge in [0.05, 0.1) is 10.7 Å². The van der Waals surface area contributed by atoms with Gasteiger partial charge in [-0.25, -0.2) is 9.50 Å². The first-order valence-electron chi connectivity index (χ1n) is 5.04. The molecule has 2 aromatic heterocycles. The second-order valence-electron chi connectivity index (χ2n) is 3.83. The molecule has 2 aromatic rings. The lowest BCUT2D eigenvalue weighted by Crippen LogP contribution is -2.08. The monoisotopic (exact) mass is 266 g/mol. The van der Waals surface area contributed by atoms with Crippen molar-refractivity contribution in [3.05, 3.63) is 28.6 Å². The standard InChI is InChI=1S/C10H11BrN4/c11-8-4-13-10-9(5-14-15(10)6-8)7-1-2-12-3-7/h4-7,12H,1-3H2. The Bertz CT molecular complexity index is 487. The Morgan fingerprint density at radius 2 is 2.40 bits per heavy atom. The second kappa shape index (κ2) is 3.57. The zero-order chi connectivity index (χ0) is 10.3. The van der Waals surface area contributed by atoms with Gasteiger partial charge in [-0.15, -0.1) is 0 Å². The molecule has 3 heterocycles. The molecule has 1 N–H and O–H groups in total. The van der Waals surface area contributed by atoms with E-state index in [0.29, 0.717) is 5.92 Å². The van der Waals surface area contributed by atoms with Crippen molar-refractivity contribution in [2.75, 3.05) is 13.1 Å². The number of hydrogen-bond acceptors (Lipinski definition) is 3. The molecule has 0 aliphatic carbocycles. The Morgan fingerprint density at radius 1 is 1.47 bits per heavy atom. The van der Waals surface area contributed by atoms with Gasteiger partial charge in [0, 0.05) is 30.4 Å². The summed E-state index contributed by atoms with van der Waals surface area (Å²) in [6.45, 7) is 2.14. The number of fused-ring (bicyclic) bond motifs is 1. The molecular weight excluding hydrogens is 256 g/mol. The number of rotatable bonds is 1. The molecule has 0 radical (unpaired) electrons. The smallest absolute Gasteiger partial charge is 0.158 e. The van der Waals surface area contributed by atoms with E-state index in [4.69, 9.17) is 0 Å². The van der Waals surface area contributed by atoms with Crippen LogP contribution in [0.15, 0.2) is 23.1 Å². The predicted octanol–water partition coefficient (Wildman–Crippen LogP) is 1.57. The van der Waals surface area contributed by atoms with Crippen molar-refractivity contribution >= 4 is 21.6 Å². The highest BCUT2D eigenvalue weighted by atomic mass is 79.9. The summed E-state index contributed by atoms with van der Waals surface area (Å²) in [5.41, 5.74) is 2.24. The number of nitrogens with one attached hydrogen (secondary N) is 1. The third-order valence-electron chi connectivity index (χ3n) is 2.85. The summed E-state index contributed by atoms with van der Waals surface area (Å²) < 4.78 is 2.78. The summed E-state index contributed by atoms with van der Waals surface area (Å²) in [5, 5.41) is 7.68. The van der Waals surface area contributed by atoms with Gasteiger partial charge in [-0.05, 0) is 28.9 Å². The highest BCUT2D eigenvalue weighted by Gasteiger charge is 2.20. The lowest BCUT2D eigenvalue weighted by Gasteiger charge is -2.04. The summed E-state index contributed by atoms with van der Waals surface area (Å²) >= 11 is 3.39. The molecule has 3 rings (SSSR count). The molecule has 1 aliphatic heterocycles. The Balaban J connectivity index is 2.11. The van der Waals surface area contributed by atoms with Gasteiger partial charge >= 0.3 is 0 Å². The van der Waals surface area contributed by atoms with Crippen LogP contribution >= 0.6 is 15.9 Å². The molecule has 0 bridgehead atoms. The lowest BCUT2D eigenvalue weighted by molar-refractivity contribution is 0.767. The highest BCUT2D eigenvalue weighted by molar-refractivity contribution is 9.10. The van der Waals surface area contributed by atoms with Crippen LogP contribution < -0.4 is 5.32 Å². The lowest BCUT2D eigenvalue weighted by atomic mass is 10.0. The number of hydrogen-bond donors (Lipinski definition) is 1. The molecule has 1 fully saturated rings. The van der Waals surface area contributed by atoms with Crippen LogP contribution in [0, 0.1) is 0 Å². The van der Waals surface area contributed by atoms with Gasteiger partial charge < -0.3 is 5.32 Å². The molecule has 0 amide bonds. The molecular formula is C10H11BrN4. The van der Waals surface area contributed by atoms with Gasteiger partial charge in [-0.2, -0.15) is 5.10 Å². The second-order valence-corrected chi connectivity index (χ2v) is 4.75. The summed E-state index contributed by atoms with van der Waals surface area (Å²) in [4.78, 5) is 4.41. The molecule has 1 unspecified atom stereocenters. The maximum absolute atomic E-state index is 4.41. The topological polar surface area (TPSA) is 42.2 Å². The van der Waals surface area contributed by atoms with Gasteiger partial charge in [0.15, 0.2) is 5.65 Å². The van der Waals surface area contributed by atoms with Crippen LogP contribution in [0.1, 0.15) is 17.9 Å². The molecule has 0 aromatic carbocycles. The van der Waals surface area contributed by atoms with E-state index in [1.54, 1.807) is 0 Å². The molecule has 5 heteroatoms. The van der Waals surface area contributed by atoms with Crippen LogP contribution in [0.25, 0.3) is 5.65 Å². The minimum absolute atomic E-state index is 0.566. The van der Waals surface area contributed by atoms with Gasteiger partial charge in [0.1, 0.15) is 0 Å². The zero-order valence-corrected chi connectivity index (χ0v) is 9.74. The van der Waals surface area contributed by atoms with Crippen molar-refractivity contribution in [3.63, 3.8) is 0 Å². The third kappa shape index (κ3) is 1.55. The van der Waals surface area contributed by atoms with Gasteiger partial charge in [0.25, 0.3) is 0 Å². The van der Waals surface area contributed by atoms with Crippen molar-refractivity contribution in [3.8, 4) is 0 Å². The van der Waals surface area contributed by atoms with Crippen molar-refractivity contribution in [1.29, 1.82) is 0 Å². The Hall–Kier alpha value is -0.940. The van der Waals surface area contributed by atoms with Crippen molar-refractivity contribution in [2.45, 2.75) is 12.3 Å². The molecule has 78 valence electrons. The van der Waals surface area contributed by atoms with E-state index in [9.17, 15) is 0 Å². The van der Waals surface area contributed by atoms with Crippen molar-refractivity contribution in [2.24, 2.45) is 0 Å². The summed E-state index contributed by atoms with van der Waals surface area (Å²) in [5.74, 6) is 0.566. The average molecular weight is 267 g/mol. The van der Waals surface area contributed by atoms with Crippen LogP contribution in [0.4, 0.5) is 0 Å². The molecule has 1 aliphatic rings. The normalized spacial score (nSPS) is 21.3. The summed E-state index contributed by atoms with van der Waals surface area (Å²) in [6.07, 6.45) is 6.88. The summed E-state index contributed by atoms with van der Waals surface area (Å²) in [6, 6.07) is 0. The minimum Gasteiger partial charge on any atom is -0.316 e. The van der Waals surface area contributed by atoms with Crippen LogP contribution in [0.3, 0.4) is 0 Å². The van der Waals surface area contributed by atoms with Crippen LogP contribution in [0.2, 0.25) is 0 Å². The largest absolute Gasteiger partial charge is 0.316 e. The van der Waals surface area contributed by atoms with E-state index >= 15 is 0 Å². The Labute approximate surface area is 95.8 Å². The quantitative estimate of drug-likeness (QED) is 0.852. The molecule has 15 heavy (non-hydrogen) atoms. The van der Waals surface area contributed by atoms with E-state index in [0.717, 1.165) is 23.2 Å². The van der Waals surface area contributed by atoms with E-state index < -0.39 is 0 Å². The predicted molar refractivity (Wildman–Crippen MR) is 60.9 cm³/mol.